The van der Waals surface area contributed by atoms with Gasteiger partial charge in [0.1, 0.15) is 11.6 Å². The van der Waals surface area contributed by atoms with Crippen molar-refractivity contribution in [2.45, 2.75) is 38.0 Å². The molecule has 2 aliphatic heterocycles. The van der Waals surface area contributed by atoms with Crippen LogP contribution in [0.25, 0.3) is 22.6 Å². The number of hydrogen-bond acceptors (Lipinski definition) is 8. The molecule has 2 aromatic carbocycles. The number of ether oxygens (including phenoxy) is 2. The van der Waals surface area contributed by atoms with Gasteiger partial charge in [-0.25, -0.2) is 19.3 Å². The van der Waals surface area contributed by atoms with Gasteiger partial charge >= 0.3 is 0 Å². The van der Waals surface area contributed by atoms with E-state index in [1.807, 2.05) is 36.4 Å². The number of piperidine rings is 1. The standard InChI is InChI=1S/C32H36FN7O3/c33-24-8-6-23(7-9-24)30-31(26-12-15-35-32(38-26)37-25-10-13-34-14-11-25)40-27(39-30)17-29-42-19-22(20-43-29)18-36-28(41)16-21-4-2-1-3-5-21/h1-9,12,15,22,25,29,34H,10-11,13-14,16-20H2,(H,36,41)(H,39,40)(H,35,37,38). The van der Waals surface area contributed by atoms with Gasteiger partial charge in [-0.2, -0.15) is 0 Å². The van der Waals surface area contributed by atoms with Gasteiger partial charge in [0.05, 0.1) is 43.1 Å². The monoisotopic (exact) mass is 585 g/mol. The molecule has 2 aliphatic rings. The normalized spacial score (nSPS) is 19.2. The fourth-order valence-electron chi connectivity index (χ4n) is 5.32. The van der Waals surface area contributed by atoms with Crippen molar-refractivity contribution in [1.82, 2.24) is 30.6 Å². The number of carbonyl (C=O) groups is 1. The second-order valence-corrected chi connectivity index (χ2v) is 11.0. The maximum atomic E-state index is 13.7. The Morgan fingerprint density at radius 3 is 2.51 bits per heavy atom. The molecule has 6 rings (SSSR count). The molecule has 43 heavy (non-hydrogen) atoms. The minimum Gasteiger partial charge on any atom is -0.355 e. The molecule has 2 aromatic heterocycles. The fourth-order valence-corrected chi connectivity index (χ4v) is 5.32. The number of nitrogens with zero attached hydrogens (tertiary/aromatic N) is 3. The van der Waals surface area contributed by atoms with Crippen molar-refractivity contribution in [2.24, 2.45) is 5.92 Å². The van der Waals surface area contributed by atoms with Crippen LogP contribution < -0.4 is 16.0 Å². The van der Waals surface area contributed by atoms with Crippen LogP contribution in [0.3, 0.4) is 0 Å². The second kappa shape index (κ2) is 13.9. The van der Waals surface area contributed by atoms with E-state index in [1.165, 1.54) is 12.1 Å². The second-order valence-electron chi connectivity index (χ2n) is 11.0. The summed E-state index contributed by atoms with van der Waals surface area (Å²) in [5.74, 6) is 0.951. The highest BCUT2D eigenvalue weighted by Gasteiger charge is 2.25. The van der Waals surface area contributed by atoms with E-state index in [4.69, 9.17) is 19.4 Å². The van der Waals surface area contributed by atoms with E-state index in [2.05, 4.69) is 25.9 Å². The predicted molar refractivity (Wildman–Crippen MR) is 161 cm³/mol. The van der Waals surface area contributed by atoms with Gasteiger partial charge in [0.25, 0.3) is 0 Å². The summed E-state index contributed by atoms with van der Waals surface area (Å²) in [5, 5.41) is 9.80. The van der Waals surface area contributed by atoms with Gasteiger partial charge in [0, 0.05) is 30.3 Å². The largest absolute Gasteiger partial charge is 0.355 e. The van der Waals surface area contributed by atoms with Gasteiger partial charge in [-0.05, 0) is 61.8 Å². The van der Waals surface area contributed by atoms with Crippen LogP contribution in [0, 0.1) is 11.7 Å². The maximum Gasteiger partial charge on any atom is 0.224 e. The number of imidazole rings is 1. The number of hydrogen-bond donors (Lipinski definition) is 4. The molecule has 1 amide bonds. The van der Waals surface area contributed by atoms with E-state index < -0.39 is 6.29 Å². The van der Waals surface area contributed by atoms with Crippen molar-refractivity contribution in [2.75, 3.05) is 38.2 Å². The molecule has 2 saturated heterocycles. The number of benzene rings is 2. The first-order chi connectivity index (χ1) is 21.1. The van der Waals surface area contributed by atoms with Gasteiger partial charge in [-0.1, -0.05) is 30.3 Å². The first-order valence-corrected chi connectivity index (χ1v) is 14.8. The van der Waals surface area contributed by atoms with E-state index >= 15 is 0 Å². The molecular weight excluding hydrogens is 549 g/mol. The smallest absolute Gasteiger partial charge is 0.224 e. The topological polar surface area (TPSA) is 126 Å². The number of amides is 1. The maximum absolute atomic E-state index is 13.7. The number of H-pyrrole nitrogens is 1. The summed E-state index contributed by atoms with van der Waals surface area (Å²) in [6, 6.07) is 18.1. The zero-order valence-electron chi connectivity index (χ0n) is 23.9. The molecule has 0 spiro atoms. The molecular formula is C32H36FN7O3. The van der Waals surface area contributed by atoms with Crippen molar-refractivity contribution >= 4 is 11.9 Å². The molecule has 0 saturated carbocycles. The minimum atomic E-state index is -0.487. The van der Waals surface area contributed by atoms with Crippen LogP contribution in [0.15, 0.2) is 66.9 Å². The Balaban J connectivity index is 1.10. The molecule has 2 fully saturated rings. The number of halogens is 1. The van der Waals surface area contributed by atoms with Crippen molar-refractivity contribution in [3.63, 3.8) is 0 Å². The Morgan fingerprint density at radius 1 is 0.977 bits per heavy atom. The summed E-state index contributed by atoms with van der Waals surface area (Å²) in [6.45, 7) is 3.34. The minimum absolute atomic E-state index is 0.0245. The predicted octanol–water partition coefficient (Wildman–Crippen LogP) is 3.73. The Hall–Kier alpha value is -4.19. The molecule has 224 valence electrons. The molecule has 4 heterocycles. The summed E-state index contributed by atoms with van der Waals surface area (Å²) in [4.78, 5) is 29.8. The van der Waals surface area contributed by atoms with Crippen LogP contribution in [0.1, 0.15) is 24.2 Å². The summed E-state index contributed by atoms with van der Waals surface area (Å²) >= 11 is 0. The van der Waals surface area contributed by atoms with Crippen molar-refractivity contribution in [3.05, 3.63) is 84.1 Å². The average Bonchev–Trinajstić information content (AvgIpc) is 3.46. The van der Waals surface area contributed by atoms with Crippen LogP contribution in [0.5, 0.6) is 0 Å². The van der Waals surface area contributed by atoms with E-state index in [1.54, 1.807) is 18.3 Å². The molecule has 10 nitrogen and oxygen atoms in total. The van der Waals surface area contributed by atoms with Crippen LogP contribution in [0.4, 0.5) is 10.3 Å². The molecule has 0 radical (unpaired) electrons. The SMILES string of the molecule is O=C(Cc1ccccc1)NCC1COC(Cc2nc(-c3ccc(F)cc3)c(-c3ccnc(NC4CCNCC4)n3)[nH]2)OC1. The lowest BCUT2D eigenvalue weighted by Crippen LogP contribution is -2.40. The third kappa shape index (κ3) is 7.81. The summed E-state index contributed by atoms with van der Waals surface area (Å²) in [5.41, 5.74) is 3.80. The highest BCUT2D eigenvalue weighted by molar-refractivity contribution is 5.78. The summed E-state index contributed by atoms with van der Waals surface area (Å²) in [6.07, 6.45) is 3.99. The average molecular weight is 586 g/mol. The van der Waals surface area contributed by atoms with Crippen molar-refractivity contribution < 1.29 is 18.7 Å². The molecule has 0 bridgehead atoms. The molecule has 4 N–H and O–H groups in total. The van der Waals surface area contributed by atoms with Crippen LogP contribution in [-0.2, 0) is 27.1 Å². The van der Waals surface area contributed by atoms with Gasteiger partial charge in [0.15, 0.2) is 6.29 Å². The lowest BCUT2D eigenvalue weighted by Gasteiger charge is -2.29. The molecule has 0 unspecified atom stereocenters. The van der Waals surface area contributed by atoms with Gasteiger partial charge in [0.2, 0.25) is 11.9 Å². The van der Waals surface area contributed by atoms with Crippen LogP contribution in [-0.4, -0.2) is 71.0 Å². The third-order valence-electron chi connectivity index (χ3n) is 7.65. The summed E-state index contributed by atoms with van der Waals surface area (Å²) < 4.78 is 25.7. The van der Waals surface area contributed by atoms with Gasteiger partial charge < -0.3 is 30.4 Å². The van der Waals surface area contributed by atoms with Crippen LogP contribution >= 0.6 is 0 Å². The number of rotatable bonds is 10. The van der Waals surface area contributed by atoms with Crippen molar-refractivity contribution in [1.29, 1.82) is 0 Å². The number of aromatic nitrogens is 4. The number of carbonyl (C=O) groups excluding carboxylic acids is 1. The number of anilines is 1. The first-order valence-electron chi connectivity index (χ1n) is 14.8. The van der Waals surface area contributed by atoms with Gasteiger partial charge in [-0.15, -0.1) is 0 Å². The summed E-state index contributed by atoms with van der Waals surface area (Å²) in [7, 11) is 0. The van der Waals surface area contributed by atoms with E-state index in [-0.39, 0.29) is 17.6 Å². The lowest BCUT2D eigenvalue weighted by atomic mass is 10.1. The Labute approximate surface area is 249 Å². The van der Waals surface area contributed by atoms with Gasteiger partial charge in [-0.3, -0.25) is 4.79 Å². The quantitative estimate of drug-likeness (QED) is 0.222. The lowest BCUT2D eigenvalue weighted by molar-refractivity contribution is -0.198. The highest BCUT2D eigenvalue weighted by atomic mass is 19.1. The number of aromatic amines is 1. The first kappa shape index (κ1) is 28.9. The molecule has 0 atom stereocenters. The van der Waals surface area contributed by atoms with E-state index in [0.717, 1.165) is 37.1 Å². The van der Waals surface area contributed by atoms with Crippen molar-refractivity contribution in [3.8, 4) is 22.6 Å². The zero-order valence-corrected chi connectivity index (χ0v) is 23.9. The van der Waals surface area contributed by atoms with E-state index in [0.29, 0.717) is 67.5 Å². The molecule has 11 heteroatoms. The zero-order chi connectivity index (χ0) is 29.4. The molecule has 4 aromatic rings. The number of nitrogens with one attached hydrogen (secondary N) is 4. The third-order valence-corrected chi connectivity index (χ3v) is 7.65. The fraction of sp³-hybridized carbons (Fsp3) is 0.375. The van der Waals surface area contributed by atoms with E-state index in [9.17, 15) is 9.18 Å². The Morgan fingerprint density at radius 2 is 1.74 bits per heavy atom. The molecule has 0 aliphatic carbocycles. The Bertz CT molecular complexity index is 1480. The highest BCUT2D eigenvalue weighted by Crippen LogP contribution is 2.30. The Kier molecular flexibility index (Phi) is 9.31. The van der Waals surface area contributed by atoms with Crippen LogP contribution in [0.2, 0.25) is 0 Å².